The van der Waals surface area contributed by atoms with Gasteiger partial charge in [0, 0.05) is 4.47 Å². The molecule has 1 aromatic rings. The van der Waals surface area contributed by atoms with Crippen LogP contribution in [-0.2, 0) is 4.79 Å². The number of rotatable bonds is 5. The zero-order valence-electron chi connectivity index (χ0n) is 10.2. The minimum absolute atomic E-state index is 0.110. The van der Waals surface area contributed by atoms with Crippen LogP contribution in [0.5, 0.6) is 0 Å². The third-order valence-electron chi connectivity index (χ3n) is 2.49. The van der Waals surface area contributed by atoms with E-state index >= 15 is 0 Å². The quantitative estimate of drug-likeness (QED) is 0.777. The van der Waals surface area contributed by atoms with Crippen LogP contribution in [0.4, 0.5) is 10.1 Å². The van der Waals surface area contributed by atoms with Gasteiger partial charge in [-0.3, -0.25) is 4.79 Å². The van der Waals surface area contributed by atoms with Gasteiger partial charge in [0.2, 0.25) is 5.91 Å². The van der Waals surface area contributed by atoms with Crippen LogP contribution in [0, 0.1) is 11.7 Å². The van der Waals surface area contributed by atoms with Crippen molar-refractivity contribution < 1.29 is 9.18 Å². The summed E-state index contributed by atoms with van der Waals surface area (Å²) >= 11 is 13.9. The summed E-state index contributed by atoms with van der Waals surface area (Å²) in [6, 6.07) is 2.34. The summed E-state index contributed by atoms with van der Waals surface area (Å²) in [5.74, 6) is -1.40. The zero-order chi connectivity index (χ0) is 14.6. The van der Waals surface area contributed by atoms with Crippen molar-refractivity contribution in [3.8, 4) is 0 Å². The minimum Gasteiger partial charge on any atom is -0.393 e. The molecule has 0 radical (unpaired) electrons. The molecule has 1 unspecified atom stereocenters. The van der Waals surface area contributed by atoms with Gasteiger partial charge in [-0.05, 0) is 34.5 Å². The Kier molecular flexibility index (Phi) is 6.16. The van der Waals surface area contributed by atoms with Crippen LogP contribution < -0.4 is 11.1 Å². The molecule has 19 heavy (non-hydrogen) atoms. The molecule has 104 valence electrons. The van der Waals surface area contributed by atoms with E-state index in [9.17, 15) is 9.18 Å². The molecular formula is C12H13BrClFN2OS. The van der Waals surface area contributed by atoms with Crippen molar-refractivity contribution in [2.75, 3.05) is 5.32 Å². The molecule has 0 aromatic heterocycles. The number of carbonyl (C=O) groups excluding carboxylic acids is 1. The summed E-state index contributed by atoms with van der Waals surface area (Å²) in [5.41, 5.74) is 5.85. The van der Waals surface area contributed by atoms with Gasteiger partial charge in [-0.25, -0.2) is 4.39 Å². The number of hydrogen-bond acceptors (Lipinski definition) is 2. The fourth-order valence-electron chi connectivity index (χ4n) is 1.56. The molecule has 1 atom stereocenters. The predicted molar refractivity (Wildman–Crippen MR) is 82.9 cm³/mol. The van der Waals surface area contributed by atoms with Crippen LogP contribution in [0.2, 0.25) is 5.02 Å². The van der Waals surface area contributed by atoms with Gasteiger partial charge in [0.05, 0.1) is 21.6 Å². The summed E-state index contributed by atoms with van der Waals surface area (Å²) in [5, 5.41) is 2.73. The number of carbonyl (C=O) groups is 1. The summed E-state index contributed by atoms with van der Waals surface area (Å²) < 4.78 is 13.5. The molecule has 0 saturated carbocycles. The van der Waals surface area contributed by atoms with Crippen LogP contribution in [0.3, 0.4) is 0 Å². The zero-order valence-corrected chi connectivity index (χ0v) is 13.3. The topological polar surface area (TPSA) is 55.1 Å². The van der Waals surface area contributed by atoms with Crippen molar-refractivity contribution in [3.63, 3.8) is 0 Å². The van der Waals surface area contributed by atoms with E-state index in [1.165, 1.54) is 6.07 Å². The Hall–Kier alpha value is -0.720. The normalized spacial score (nSPS) is 12.0. The molecule has 0 aliphatic carbocycles. The number of anilines is 1. The lowest BCUT2D eigenvalue weighted by Crippen LogP contribution is -2.33. The number of nitrogens with one attached hydrogen (secondary N) is 1. The van der Waals surface area contributed by atoms with Crippen LogP contribution in [0.15, 0.2) is 16.6 Å². The lowest BCUT2D eigenvalue weighted by atomic mass is 10.0. The molecule has 1 amide bonds. The summed E-state index contributed by atoms with van der Waals surface area (Å²) in [6.45, 7) is 1.93. The van der Waals surface area contributed by atoms with Crippen molar-refractivity contribution in [1.29, 1.82) is 0 Å². The fraction of sp³-hybridized carbons (Fsp3) is 0.333. The smallest absolute Gasteiger partial charge is 0.234 e. The van der Waals surface area contributed by atoms with E-state index in [-0.39, 0.29) is 15.9 Å². The highest BCUT2D eigenvalue weighted by molar-refractivity contribution is 9.10. The monoisotopic (exact) mass is 366 g/mol. The Morgan fingerprint density at radius 1 is 1.63 bits per heavy atom. The van der Waals surface area contributed by atoms with Gasteiger partial charge in [-0.15, -0.1) is 0 Å². The number of thiocarbonyl (C=S) groups is 1. The van der Waals surface area contributed by atoms with Crippen LogP contribution >= 0.6 is 39.7 Å². The molecule has 7 heteroatoms. The molecule has 1 rings (SSSR count). The summed E-state index contributed by atoms with van der Waals surface area (Å²) in [7, 11) is 0. The number of benzene rings is 1. The van der Waals surface area contributed by atoms with Crippen molar-refractivity contribution in [3.05, 3.63) is 27.4 Å². The molecule has 3 N–H and O–H groups in total. The van der Waals surface area contributed by atoms with E-state index in [2.05, 4.69) is 21.2 Å². The third kappa shape index (κ3) is 4.40. The summed E-state index contributed by atoms with van der Waals surface area (Å²) in [4.78, 5) is 12.2. The molecule has 0 aliphatic rings. The maximum Gasteiger partial charge on any atom is 0.234 e. The van der Waals surface area contributed by atoms with Crippen molar-refractivity contribution in [1.82, 2.24) is 0 Å². The van der Waals surface area contributed by atoms with Crippen LogP contribution in [0.25, 0.3) is 0 Å². The van der Waals surface area contributed by atoms with Crippen molar-refractivity contribution in [2.45, 2.75) is 19.8 Å². The Bertz CT molecular complexity index is 489. The van der Waals surface area contributed by atoms with E-state index in [4.69, 9.17) is 29.6 Å². The van der Waals surface area contributed by atoms with E-state index in [0.717, 1.165) is 12.5 Å². The first-order valence-corrected chi connectivity index (χ1v) is 7.19. The van der Waals surface area contributed by atoms with E-state index in [0.29, 0.717) is 16.6 Å². The number of hydrogen-bond donors (Lipinski definition) is 2. The highest BCUT2D eigenvalue weighted by atomic mass is 79.9. The first-order valence-electron chi connectivity index (χ1n) is 5.61. The van der Waals surface area contributed by atoms with E-state index < -0.39 is 11.7 Å². The van der Waals surface area contributed by atoms with Gasteiger partial charge in [0.1, 0.15) is 5.82 Å². The van der Waals surface area contributed by atoms with Gasteiger partial charge in [0.15, 0.2) is 0 Å². The molecule has 0 aliphatic heterocycles. The number of amides is 1. The predicted octanol–water partition coefficient (Wildman–Crippen LogP) is 3.88. The second-order valence-electron chi connectivity index (χ2n) is 3.98. The molecule has 0 fully saturated rings. The first-order chi connectivity index (χ1) is 8.86. The Balaban J connectivity index is 2.96. The largest absolute Gasteiger partial charge is 0.393 e. The van der Waals surface area contributed by atoms with E-state index in [1.807, 2.05) is 6.92 Å². The van der Waals surface area contributed by atoms with E-state index in [1.54, 1.807) is 0 Å². The van der Waals surface area contributed by atoms with Crippen LogP contribution in [0.1, 0.15) is 19.8 Å². The minimum atomic E-state index is -0.562. The maximum absolute atomic E-state index is 13.1. The van der Waals surface area contributed by atoms with Gasteiger partial charge in [-0.2, -0.15) is 0 Å². The fourth-order valence-corrected chi connectivity index (χ4v) is 2.69. The number of nitrogens with two attached hydrogens (primary N) is 1. The Labute approximate surface area is 129 Å². The second kappa shape index (κ2) is 7.17. The Morgan fingerprint density at radius 3 is 2.74 bits per heavy atom. The highest BCUT2D eigenvalue weighted by Gasteiger charge is 2.22. The van der Waals surface area contributed by atoms with Gasteiger partial charge >= 0.3 is 0 Å². The van der Waals surface area contributed by atoms with Crippen LogP contribution in [-0.4, -0.2) is 10.9 Å². The maximum atomic E-state index is 13.1. The average Bonchev–Trinajstić information content (AvgIpc) is 2.29. The molecular weight excluding hydrogens is 355 g/mol. The third-order valence-corrected chi connectivity index (χ3v) is 3.70. The van der Waals surface area contributed by atoms with Gasteiger partial charge in [-0.1, -0.05) is 37.2 Å². The second-order valence-corrected chi connectivity index (χ2v) is 5.71. The Morgan fingerprint density at radius 2 is 2.26 bits per heavy atom. The lowest BCUT2D eigenvalue weighted by molar-refractivity contribution is -0.118. The lowest BCUT2D eigenvalue weighted by Gasteiger charge is -2.16. The van der Waals surface area contributed by atoms with Gasteiger partial charge in [0.25, 0.3) is 0 Å². The molecule has 3 nitrogen and oxygen atoms in total. The summed E-state index contributed by atoms with van der Waals surface area (Å²) in [6.07, 6.45) is 1.32. The van der Waals surface area contributed by atoms with Crippen molar-refractivity contribution in [2.24, 2.45) is 11.7 Å². The highest BCUT2D eigenvalue weighted by Crippen LogP contribution is 2.32. The van der Waals surface area contributed by atoms with Crippen molar-refractivity contribution >= 4 is 56.3 Å². The first kappa shape index (κ1) is 16.3. The number of halogens is 3. The molecule has 1 aromatic carbocycles. The average molecular weight is 368 g/mol. The molecule has 0 spiro atoms. The molecule has 0 bridgehead atoms. The SMILES string of the molecule is CCCC(C(=O)Nc1c(Cl)cc(F)cc1Br)C(N)=S. The molecule has 0 heterocycles. The standard InChI is InChI=1S/C12H13BrClFN2OS/c1-2-3-7(11(16)19)12(18)17-10-8(13)4-6(15)5-9(10)14/h4-5,7H,2-3H2,1H3,(H2,16,19)(H,17,18). The molecule has 0 saturated heterocycles. The van der Waals surface area contributed by atoms with Gasteiger partial charge < -0.3 is 11.1 Å².